The summed E-state index contributed by atoms with van der Waals surface area (Å²) in [5.41, 5.74) is 0. The quantitative estimate of drug-likeness (QED) is 0.726. The molecule has 1 rings (SSSR count). The summed E-state index contributed by atoms with van der Waals surface area (Å²) in [5.74, 6) is 1.38. The van der Waals surface area contributed by atoms with Crippen LogP contribution in [0.1, 0.15) is 39.5 Å². The Morgan fingerprint density at radius 2 is 2.33 bits per heavy atom. The van der Waals surface area contributed by atoms with Crippen LogP contribution in [0.3, 0.4) is 0 Å². The molecule has 2 heteroatoms. The maximum absolute atomic E-state index is 3.58. The van der Waals surface area contributed by atoms with Crippen molar-refractivity contribution in [3.63, 3.8) is 0 Å². The van der Waals surface area contributed by atoms with Crippen LogP contribution in [-0.4, -0.2) is 23.6 Å². The van der Waals surface area contributed by atoms with Crippen molar-refractivity contribution in [2.45, 2.75) is 50.8 Å². The third kappa shape index (κ3) is 3.81. The van der Waals surface area contributed by atoms with Crippen LogP contribution in [0.25, 0.3) is 0 Å². The van der Waals surface area contributed by atoms with Crippen molar-refractivity contribution in [3.8, 4) is 0 Å². The first-order valence-electron chi connectivity index (χ1n) is 5.18. The number of rotatable bonds is 4. The molecule has 12 heavy (non-hydrogen) atoms. The molecule has 0 radical (unpaired) electrons. The van der Waals surface area contributed by atoms with Crippen molar-refractivity contribution in [2.24, 2.45) is 0 Å². The van der Waals surface area contributed by atoms with E-state index < -0.39 is 0 Å². The molecule has 0 saturated carbocycles. The fraction of sp³-hybridized carbons (Fsp3) is 1.00. The molecule has 1 aliphatic heterocycles. The summed E-state index contributed by atoms with van der Waals surface area (Å²) in [6.45, 7) is 5.73. The van der Waals surface area contributed by atoms with Crippen LogP contribution in [0.2, 0.25) is 0 Å². The molecular formula is C10H21NS. The molecule has 0 bridgehead atoms. The van der Waals surface area contributed by atoms with E-state index in [1.165, 1.54) is 38.0 Å². The third-order valence-corrected chi connectivity index (χ3v) is 3.98. The van der Waals surface area contributed by atoms with Gasteiger partial charge in [-0.2, -0.15) is 11.8 Å². The fourth-order valence-corrected chi connectivity index (χ4v) is 2.70. The second-order valence-electron chi connectivity index (χ2n) is 3.71. The van der Waals surface area contributed by atoms with Gasteiger partial charge in [-0.1, -0.05) is 13.3 Å². The summed E-state index contributed by atoms with van der Waals surface area (Å²) >= 11 is 2.15. The van der Waals surface area contributed by atoms with Gasteiger partial charge in [0.15, 0.2) is 0 Å². The minimum atomic E-state index is 0.701. The first-order valence-corrected chi connectivity index (χ1v) is 6.22. The first-order chi connectivity index (χ1) is 5.83. The third-order valence-electron chi connectivity index (χ3n) is 2.58. The molecule has 2 atom stereocenters. The van der Waals surface area contributed by atoms with E-state index in [4.69, 9.17) is 0 Å². The predicted molar refractivity (Wildman–Crippen MR) is 57.9 cm³/mol. The molecule has 1 fully saturated rings. The van der Waals surface area contributed by atoms with Crippen molar-refractivity contribution in [2.75, 3.05) is 12.3 Å². The van der Waals surface area contributed by atoms with E-state index in [0.29, 0.717) is 6.04 Å². The number of hydrogen-bond acceptors (Lipinski definition) is 2. The highest BCUT2D eigenvalue weighted by Gasteiger charge is 2.13. The van der Waals surface area contributed by atoms with Crippen molar-refractivity contribution >= 4 is 11.8 Å². The minimum absolute atomic E-state index is 0.701. The smallest absolute Gasteiger partial charge is 0.0172 e. The number of nitrogens with one attached hydrogen (secondary N) is 1. The van der Waals surface area contributed by atoms with Crippen molar-refractivity contribution in [1.29, 1.82) is 0 Å². The molecule has 0 amide bonds. The number of thioether (sulfide) groups is 1. The maximum Gasteiger partial charge on any atom is 0.0172 e. The predicted octanol–water partition coefficient (Wildman–Crippen LogP) is 2.66. The van der Waals surface area contributed by atoms with Gasteiger partial charge >= 0.3 is 0 Å². The zero-order valence-corrected chi connectivity index (χ0v) is 9.12. The molecule has 0 aromatic heterocycles. The highest BCUT2D eigenvalue weighted by atomic mass is 32.2. The lowest BCUT2D eigenvalue weighted by atomic mass is 10.2. The topological polar surface area (TPSA) is 12.0 Å². The van der Waals surface area contributed by atoms with Gasteiger partial charge in [0.25, 0.3) is 0 Å². The number of hydrogen-bond donors (Lipinski definition) is 1. The second-order valence-corrected chi connectivity index (χ2v) is 5.11. The van der Waals surface area contributed by atoms with Gasteiger partial charge in [0, 0.05) is 17.8 Å². The van der Waals surface area contributed by atoms with Crippen molar-refractivity contribution in [3.05, 3.63) is 0 Å². The van der Waals surface area contributed by atoms with Crippen LogP contribution >= 0.6 is 11.8 Å². The van der Waals surface area contributed by atoms with Crippen LogP contribution in [0.5, 0.6) is 0 Å². The van der Waals surface area contributed by atoms with E-state index in [9.17, 15) is 0 Å². The molecule has 1 nitrogen and oxygen atoms in total. The summed E-state index contributed by atoms with van der Waals surface area (Å²) in [6, 6.07) is 0.701. The second kappa shape index (κ2) is 5.87. The standard InChI is InChI=1S/C10H21NS/c1-3-9(2)11-8-10-6-4-5-7-12-10/h9-11H,3-8H2,1-2H3. The lowest BCUT2D eigenvalue weighted by Crippen LogP contribution is -2.33. The average molecular weight is 187 g/mol. The summed E-state index contributed by atoms with van der Waals surface area (Å²) in [4.78, 5) is 0. The molecule has 0 aromatic rings. The lowest BCUT2D eigenvalue weighted by molar-refractivity contribution is 0.512. The molecular weight excluding hydrogens is 166 g/mol. The largest absolute Gasteiger partial charge is 0.313 e. The Kier molecular flexibility index (Phi) is 5.08. The van der Waals surface area contributed by atoms with Gasteiger partial charge in [-0.3, -0.25) is 0 Å². The van der Waals surface area contributed by atoms with Gasteiger partial charge in [0.1, 0.15) is 0 Å². The van der Waals surface area contributed by atoms with E-state index in [2.05, 4.69) is 30.9 Å². The summed E-state index contributed by atoms with van der Waals surface area (Å²) in [7, 11) is 0. The van der Waals surface area contributed by atoms with Crippen LogP contribution in [0.4, 0.5) is 0 Å². The lowest BCUT2D eigenvalue weighted by Gasteiger charge is -2.23. The normalized spacial score (nSPS) is 27.0. The van der Waals surface area contributed by atoms with E-state index in [1.54, 1.807) is 0 Å². The van der Waals surface area contributed by atoms with Crippen LogP contribution in [0, 0.1) is 0 Å². The molecule has 1 N–H and O–H groups in total. The molecule has 72 valence electrons. The summed E-state index contributed by atoms with van der Waals surface area (Å²) in [5, 5.41) is 4.48. The van der Waals surface area contributed by atoms with Gasteiger partial charge < -0.3 is 5.32 Å². The van der Waals surface area contributed by atoms with Gasteiger partial charge in [0.05, 0.1) is 0 Å². The highest BCUT2D eigenvalue weighted by molar-refractivity contribution is 7.99. The Labute approximate surface area is 80.7 Å². The fourth-order valence-electron chi connectivity index (χ4n) is 1.45. The van der Waals surface area contributed by atoms with E-state index >= 15 is 0 Å². The zero-order valence-electron chi connectivity index (χ0n) is 8.31. The SMILES string of the molecule is CCC(C)NCC1CCCCS1. The molecule has 1 saturated heterocycles. The van der Waals surface area contributed by atoms with Gasteiger partial charge in [-0.15, -0.1) is 0 Å². The Morgan fingerprint density at radius 3 is 2.92 bits per heavy atom. The highest BCUT2D eigenvalue weighted by Crippen LogP contribution is 2.24. The monoisotopic (exact) mass is 187 g/mol. The van der Waals surface area contributed by atoms with Crippen molar-refractivity contribution < 1.29 is 0 Å². The molecule has 1 aliphatic rings. The zero-order chi connectivity index (χ0) is 8.81. The average Bonchev–Trinajstić information content (AvgIpc) is 2.16. The molecule has 1 heterocycles. The summed E-state index contributed by atoms with van der Waals surface area (Å²) < 4.78 is 0. The Hall–Kier alpha value is 0.310. The van der Waals surface area contributed by atoms with Gasteiger partial charge in [0.2, 0.25) is 0 Å². The maximum atomic E-state index is 3.58. The first kappa shape index (κ1) is 10.4. The van der Waals surface area contributed by atoms with E-state index in [-0.39, 0.29) is 0 Å². The van der Waals surface area contributed by atoms with E-state index in [0.717, 1.165) is 5.25 Å². The molecule has 0 aromatic carbocycles. The van der Waals surface area contributed by atoms with Crippen LogP contribution in [0.15, 0.2) is 0 Å². The van der Waals surface area contributed by atoms with Crippen molar-refractivity contribution in [1.82, 2.24) is 5.32 Å². The molecule has 0 spiro atoms. The van der Waals surface area contributed by atoms with E-state index in [1.807, 2.05) is 0 Å². The molecule has 2 unspecified atom stereocenters. The Morgan fingerprint density at radius 1 is 1.50 bits per heavy atom. The minimum Gasteiger partial charge on any atom is -0.313 e. The van der Waals surface area contributed by atoms with Gasteiger partial charge in [-0.25, -0.2) is 0 Å². The Bertz CT molecular complexity index is 110. The van der Waals surface area contributed by atoms with Gasteiger partial charge in [-0.05, 0) is 31.9 Å². The van der Waals surface area contributed by atoms with Crippen LogP contribution < -0.4 is 5.32 Å². The Balaban J connectivity index is 2.05. The molecule has 0 aliphatic carbocycles. The summed E-state index contributed by atoms with van der Waals surface area (Å²) in [6.07, 6.45) is 5.55. The van der Waals surface area contributed by atoms with Crippen LogP contribution in [-0.2, 0) is 0 Å².